The number of halogens is 3. The summed E-state index contributed by atoms with van der Waals surface area (Å²) in [6.07, 6.45) is 1.22. The molecule has 12 heteroatoms. The molecule has 0 saturated carbocycles. The van der Waals surface area contributed by atoms with Crippen LogP contribution in [-0.2, 0) is 10.0 Å². The van der Waals surface area contributed by atoms with Crippen molar-refractivity contribution in [2.24, 2.45) is 0 Å². The third kappa shape index (κ3) is 4.80. The molecule has 1 atom stereocenters. The third-order valence-electron chi connectivity index (χ3n) is 5.00. The third-order valence-corrected chi connectivity index (χ3v) is 8.20. The molecule has 1 aliphatic heterocycles. The highest BCUT2D eigenvalue weighted by Gasteiger charge is 2.33. The van der Waals surface area contributed by atoms with E-state index in [0.29, 0.717) is 34.6 Å². The molecule has 1 N–H and O–H groups in total. The Morgan fingerprint density at radius 2 is 1.88 bits per heavy atom. The zero-order valence-corrected chi connectivity index (χ0v) is 18.9. The number of carbonyl (C=O) groups excluding carboxylic acids is 1. The summed E-state index contributed by atoms with van der Waals surface area (Å²) < 4.78 is 53.8. The van der Waals surface area contributed by atoms with Gasteiger partial charge in [-0.3, -0.25) is 4.79 Å². The van der Waals surface area contributed by atoms with Crippen molar-refractivity contribution in [3.05, 3.63) is 69.1 Å². The van der Waals surface area contributed by atoms with E-state index >= 15 is 0 Å². The molecule has 1 aromatic heterocycles. The van der Waals surface area contributed by atoms with Gasteiger partial charge in [0.15, 0.2) is 11.6 Å². The van der Waals surface area contributed by atoms with Crippen LogP contribution in [-0.4, -0.2) is 41.9 Å². The van der Waals surface area contributed by atoms with E-state index in [1.807, 2.05) is 0 Å². The highest BCUT2D eigenvalue weighted by atomic mass is 35.5. The number of nitrogens with zero attached hydrogens (tertiary/aromatic N) is 3. The first-order chi connectivity index (χ1) is 15.2. The van der Waals surface area contributed by atoms with Crippen LogP contribution in [0.2, 0.25) is 5.02 Å². The maximum atomic E-state index is 13.6. The minimum atomic E-state index is -4.00. The van der Waals surface area contributed by atoms with Crippen molar-refractivity contribution in [3.8, 4) is 0 Å². The molecule has 1 saturated heterocycles. The van der Waals surface area contributed by atoms with Gasteiger partial charge in [0, 0.05) is 29.7 Å². The Hall–Kier alpha value is -2.47. The van der Waals surface area contributed by atoms with E-state index in [2.05, 4.69) is 15.5 Å². The molecule has 0 radical (unpaired) electrons. The molecule has 0 spiro atoms. The molecule has 0 bridgehead atoms. The second-order valence-corrected chi connectivity index (χ2v) is 10.6. The fraction of sp³-hybridized carbons (Fsp3) is 0.250. The van der Waals surface area contributed by atoms with Crippen molar-refractivity contribution in [2.45, 2.75) is 23.7 Å². The number of rotatable bonds is 5. The van der Waals surface area contributed by atoms with E-state index in [0.717, 1.165) is 23.5 Å². The molecule has 1 aliphatic rings. The number of aromatic nitrogens is 2. The molecular formula is C20H17ClF2N4O3S2. The predicted molar refractivity (Wildman–Crippen MR) is 116 cm³/mol. The van der Waals surface area contributed by atoms with Gasteiger partial charge in [-0.2, -0.15) is 4.31 Å². The lowest BCUT2D eigenvalue weighted by molar-refractivity contribution is 0.102. The first-order valence-corrected chi connectivity index (χ1v) is 12.2. The van der Waals surface area contributed by atoms with Gasteiger partial charge in [-0.05, 0) is 55.3 Å². The molecule has 7 nitrogen and oxygen atoms in total. The number of hydrogen-bond acceptors (Lipinski definition) is 6. The van der Waals surface area contributed by atoms with Crippen molar-refractivity contribution < 1.29 is 22.0 Å². The smallest absolute Gasteiger partial charge is 0.286 e. The van der Waals surface area contributed by atoms with Crippen LogP contribution in [0.1, 0.15) is 33.6 Å². The van der Waals surface area contributed by atoms with E-state index in [9.17, 15) is 22.0 Å². The Labute approximate surface area is 192 Å². The lowest BCUT2D eigenvalue weighted by atomic mass is 10.0. The molecule has 168 valence electrons. The van der Waals surface area contributed by atoms with Crippen LogP contribution >= 0.6 is 22.9 Å². The van der Waals surface area contributed by atoms with Gasteiger partial charge >= 0.3 is 0 Å². The number of amides is 1. The summed E-state index contributed by atoms with van der Waals surface area (Å²) in [5, 5.41) is 12.0. The largest absolute Gasteiger partial charge is 0.320 e. The highest BCUT2D eigenvalue weighted by Crippen LogP contribution is 2.32. The first kappa shape index (κ1) is 22.7. The average Bonchev–Trinajstić information content (AvgIpc) is 3.28. The van der Waals surface area contributed by atoms with Gasteiger partial charge in [0.1, 0.15) is 5.01 Å². The number of anilines is 1. The van der Waals surface area contributed by atoms with Crippen LogP contribution < -0.4 is 5.32 Å². The van der Waals surface area contributed by atoms with E-state index in [4.69, 9.17) is 11.6 Å². The average molecular weight is 499 g/mol. The normalized spacial score (nSPS) is 17.3. The second kappa shape index (κ2) is 9.18. The van der Waals surface area contributed by atoms with Crippen LogP contribution in [0.25, 0.3) is 0 Å². The van der Waals surface area contributed by atoms with Crippen LogP contribution in [0.3, 0.4) is 0 Å². The summed E-state index contributed by atoms with van der Waals surface area (Å²) in [6.45, 7) is 0.356. The Morgan fingerprint density at radius 1 is 1.12 bits per heavy atom. The lowest BCUT2D eigenvalue weighted by Crippen LogP contribution is -2.39. The fourth-order valence-electron chi connectivity index (χ4n) is 3.36. The fourth-order valence-corrected chi connectivity index (χ4v) is 5.88. The zero-order chi connectivity index (χ0) is 22.9. The molecule has 1 amide bonds. The summed E-state index contributed by atoms with van der Waals surface area (Å²) in [6, 6.07) is 9.12. The number of piperidine rings is 1. The lowest BCUT2D eigenvalue weighted by Gasteiger charge is -2.30. The Kier molecular flexibility index (Phi) is 6.52. The Balaban J connectivity index is 1.48. The van der Waals surface area contributed by atoms with E-state index < -0.39 is 27.6 Å². The Bertz CT molecular complexity index is 1250. The SMILES string of the molecule is O=C(Nc1ccc(Cl)cc1)c1nnc([C@@H]2CCCN(S(=O)(=O)c3ccc(F)c(F)c3)C2)s1. The first-order valence-electron chi connectivity index (χ1n) is 9.59. The molecule has 0 unspecified atom stereocenters. The van der Waals surface area contributed by atoms with E-state index in [1.54, 1.807) is 24.3 Å². The van der Waals surface area contributed by atoms with E-state index in [1.165, 1.54) is 4.31 Å². The Morgan fingerprint density at radius 3 is 2.59 bits per heavy atom. The molecular weight excluding hydrogens is 482 g/mol. The van der Waals surface area contributed by atoms with Crippen molar-refractivity contribution in [1.82, 2.24) is 14.5 Å². The number of hydrogen-bond donors (Lipinski definition) is 1. The molecule has 32 heavy (non-hydrogen) atoms. The van der Waals surface area contributed by atoms with Gasteiger partial charge in [0.05, 0.1) is 4.90 Å². The molecule has 1 fully saturated rings. The number of carbonyl (C=O) groups is 1. The van der Waals surface area contributed by atoms with Crippen molar-refractivity contribution >= 4 is 44.6 Å². The quantitative estimate of drug-likeness (QED) is 0.566. The van der Waals surface area contributed by atoms with Gasteiger partial charge in [0.2, 0.25) is 15.0 Å². The summed E-state index contributed by atoms with van der Waals surface area (Å²) in [7, 11) is -4.00. The van der Waals surface area contributed by atoms with Gasteiger partial charge in [-0.25, -0.2) is 17.2 Å². The van der Waals surface area contributed by atoms with Crippen LogP contribution in [0, 0.1) is 11.6 Å². The van der Waals surface area contributed by atoms with Gasteiger partial charge in [-0.1, -0.05) is 22.9 Å². The zero-order valence-electron chi connectivity index (χ0n) is 16.5. The van der Waals surface area contributed by atoms with Gasteiger partial charge < -0.3 is 5.32 Å². The standard InChI is InChI=1S/C20H17ClF2N4O3S2/c21-13-3-5-14(6-4-13)24-18(28)20-26-25-19(31-20)12-2-1-9-27(11-12)32(29,30)15-7-8-16(22)17(23)10-15/h3-8,10,12H,1-2,9,11H2,(H,24,28)/t12-/m1/s1. The maximum Gasteiger partial charge on any atom is 0.286 e. The summed E-state index contributed by atoms with van der Waals surface area (Å²) >= 11 is 6.93. The van der Waals surface area contributed by atoms with Gasteiger partial charge in [0.25, 0.3) is 5.91 Å². The van der Waals surface area contributed by atoms with Crippen LogP contribution in [0.5, 0.6) is 0 Å². The monoisotopic (exact) mass is 498 g/mol. The predicted octanol–water partition coefficient (Wildman–Crippen LogP) is 4.29. The summed E-state index contributed by atoms with van der Waals surface area (Å²) in [4.78, 5) is 12.1. The highest BCUT2D eigenvalue weighted by molar-refractivity contribution is 7.89. The van der Waals surface area contributed by atoms with Crippen molar-refractivity contribution in [3.63, 3.8) is 0 Å². The van der Waals surface area contributed by atoms with Crippen LogP contribution in [0.4, 0.5) is 14.5 Å². The molecule has 4 rings (SSSR count). The van der Waals surface area contributed by atoms with Gasteiger partial charge in [-0.15, -0.1) is 10.2 Å². The molecule has 0 aliphatic carbocycles. The number of nitrogens with one attached hydrogen (secondary N) is 1. The molecule has 2 heterocycles. The summed E-state index contributed by atoms with van der Waals surface area (Å²) in [5.74, 6) is -3.03. The van der Waals surface area contributed by atoms with Crippen molar-refractivity contribution in [1.29, 1.82) is 0 Å². The minimum absolute atomic E-state index is 0.106. The van der Waals surface area contributed by atoms with Crippen molar-refractivity contribution in [2.75, 3.05) is 18.4 Å². The topological polar surface area (TPSA) is 92.3 Å². The summed E-state index contributed by atoms with van der Waals surface area (Å²) in [5.41, 5.74) is 0.553. The molecule has 2 aromatic carbocycles. The minimum Gasteiger partial charge on any atom is -0.320 e. The van der Waals surface area contributed by atoms with Crippen LogP contribution in [0.15, 0.2) is 47.4 Å². The molecule has 3 aromatic rings. The van der Waals surface area contributed by atoms with E-state index in [-0.39, 0.29) is 28.9 Å². The maximum absolute atomic E-state index is 13.6. The number of benzene rings is 2. The number of sulfonamides is 1. The second-order valence-electron chi connectivity index (χ2n) is 7.18.